The number of pyridine rings is 1. The predicted molar refractivity (Wildman–Crippen MR) is 108 cm³/mol. The van der Waals surface area contributed by atoms with E-state index >= 15 is 0 Å². The number of aromatic nitrogens is 1. The number of hydrogen-bond donors (Lipinski definition) is 1. The number of piperidine rings is 1. The van der Waals surface area contributed by atoms with E-state index in [1.165, 1.54) is 28.3 Å². The summed E-state index contributed by atoms with van der Waals surface area (Å²) in [6, 6.07) is 9.59. The number of carbonyl (C=O) groups excluding carboxylic acids is 1. The van der Waals surface area contributed by atoms with Crippen LogP contribution in [0.25, 0.3) is 5.57 Å². The Morgan fingerprint density at radius 3 is 2.55 bits per heavy atom. The lowest BCUT2D eigenvalue weighted by Gasteiger charge is -2.27. The van der Waals surface area contributed by atoms with Crippen LogP contribution in [0.3, 0.4) is 0 Å². The molecule has 152 valence electrons. The van der Waals surface area contributed by atoms with Crippen LogP contribution in [0.4, 0.5) is 0 Å². The largest absolute Gasteiger partial charge is 0.447 e. The molecule has 4 rings (SSSR count). The third-order valence-electron chi connectivity index (χ3n) is 5.53. The summed E-state index contributed by atoms with van der Waals surface area (Å²) in [5.74, 6) is -0.151. The van der Waals surface area contributed by atoms with Gasteiger partial charge in [-0.1, -0.05) is 29.3 Å². The maximum Gasteiger partial charge on any atom is 0.447 e. The van der Waals surface area contributed by atoms with Gasteiger partial charge in [0.05, 0.1) is 5.69 Å². The van der Waals surface area contributed by atoms with Gasteiger partial charge in [-0.05, 0) is 49.0 Å². The van der Waals surface area contributed by atoms with Gasteiger partial charge in [-0.3, -0.25) is 9.35 Å². The van der Waals surface area contributed by atoms with Crippen molar-refractivity contribution in [3.8, 4) is 5.88 Å². The number of nitrogens with zero attached hydrogens (tertiary/aromatic N) is 2. The predicted octanol–water partition coefficient (Wildman–Crippen LogP) is 2.72. The van der Waals surface area contributed by atoms with Gasteiger partial charge in [0.1, 0.15) is 0 Å². The monoisotopic (exact) mass is 414 g/mol. The topological polar surface area (TPSA) is 96.8 Å². The van der Waals surface area contributed by atoms with Gasteiger partial charge in [-0.2, -0.15) is 8.42 Å². The molecule has 8 heteroatoms. The molecule has 1 saturated heterocycles. The minimum atomic E-state index is -4.64. The number of allylic oxidation sites excluding steroid dienone is 1. The van der Waals surface area contributed by atoms with Crippen LogP contribution in [0.15, 0.2) is 35.9 Å². The lowest BCUT2D eigenvalue weighted by molar-refractivity contribution is -0.118. The first-order chi connectivity index (χ1) is 13.8. The van der Waals surface area contributed by atoms with Gasteiger partial charge in [-0.15, -0.1) is 0 Å². The van der Waals surface area contributed by atoms with E-state index in [2.05, 4.69) is 34.3 Å². The van der Waals surface area contributed by atoms with Crippen molar-refractivity contribution in [2.24, 2.45) is 0 Å². The Kier molecular flexibility index (Phi) is 5.14. The molecule has 1 aliphatic heterocycles. The Balaban J connectivity index is 1.82. The molecule has 1 fully saturated rings. The average Bonchev–Trinajstić information content (AvgIpc) is 2.83. The summed E-state index contributed by atoms with van der Waals surface area (Å²) in [4.78, 5) is 17.2. The first-order valence-corrected chi connectivity index (χ1v) is 10.8. The summed E-state index contributed by atoms with van der Waals surface area (Å²) in [7, 11) is -4.64. The second kappa shape index (κ2) is 7.61. The lowest BCUT2D eigenvalue weighted by Crippen LogP contribution is -2.29. The maximum absolute atomic E-state index is 11.1. The van der Waals surface area contributed by atoms with Crippen molar-refractivity contribution in [1.82, 2.24) is 9.88 Å². The Labute approximate surface area is 170 Å². The first-order valence-electron chi connectivity index (χ1n) is 9.48. The van der Waals surface area contributed by atoms with Crippen LogP contribution in [0.2, 0.25) is 0 Å². The van der Waals surface area contributed by atoms with Gasteiger partial charge >= 0.3 is 10.4 Å². The number of amides is 1. The molecule has 0 atom stereocenters. The average molecular weight is 414 g/mol. The molecule has 0 bridgehead atoms. The number of likely N-dealkylation sites (tertiary alicyclic amines) is 1. The smallest absolute Gasteiger partial charge is 0.345 e. The van der Waals surface area contributed by atoms with E-state index in [-0.39, 0.29) is 5.88 Å². The zero-order valence-corrected chi connectivity index (χ0v) is 16.9. The third-order valence-corrected chi connectivity index (χ3v) is 5.91. The molecule has 2 aliphatic rings. The summed E-state index contributed by atoms with van der Waals surface area (Å²) in [5, 5.41) is 0. The maximum atomic E-state index is 11.1. The number of rotatable bonds is 3. The number of aryl methyl sites for hydroxylation is 1. The summed E-state index contributed by atoms with van der Waals surface area (Å²) in [5.41, 5.74) is 7.70. The first kappa shape index (κ1) is 19.6. The van der Waals surface area contributed by atoms with Crippen molar-refractivity contribution < 1.29 is 21.9 Å². The minimum absolute atomic E-state index is 0.151. The molecular weight excluding hydrogens is 392 g/mol. The van der Waals surface area contributed by atoms with Crippen LogP contribution in [0.1, 0.15) is 40.8 Å². The van der Waals surface area contributed by atoms with Crippen molar-refractivity contribution >= 4 is 22.4 Å². The van der Waals surface area contributed by atoms with E-state index in [1.54, 1.807) is 4.90 Å². The van der Waals surface area contributed by atoms with Gasteiger partial charge in [0, 0.05) is 31.1 Å². The fourth-order valence-electron chi connectivity index (χ4n) is 4.12. The van der Waals surface area contributed by atoms with E-state index < -0.39 is 10.4 Å². The summed E-state index contributed by atoms with van der Waals surface area (Å²) >= 11 is 0. The Morgan fingerprint density at radius 2 is 1.86 bits per heavy atom. The Bertz CT molecular complexity index is 1100. The molecule has 1 amide bonds. The van der Waals surface area contributed by atoms with Crippen LogP contribution in [-0.4, -0.2) is 42.4 Å². The second-order valence-corrected chi connectivity index (χ2v) is 8.53. The lowest BCUT2D eigenvalue weighted by atomic mass is 9.89. The molecule has 2 heterocycles. The fourth-order valence-corrected chi connectivity index (χ4v) is 4.43. The molecule has 1 aliphatic carbocycles. The van der Waals surface area contributed by atoms with E-state index in [1.807, 2.05) is 6.07 Å². The van der Waals surface area contributed by atoms with Crippen molar-refractivity contribution in [3.63, 3.8) is 0 Å². The highest BCUT2D eigenvalue weighted by Gasteiger charge is 2.24. The quantitative estimate of drug-likeness (QED) is 0.613. The van der Waals surface area contributed by atoms with Crippen LogP contribution in [0, 0.1) is 6.92 Å². The van der Waals surface area contributed by atoms with Crippen molar-refractivity contribution in [2.45, 2.75) is 32.6 Å². The fraction of sp³-hybridized carbons (Fsp3) is 0.333. The standard InChI is InChI=1S/C21H22N2O5S/c1-14-2-3-16-12-20-18(4-5-21(22-20)28-29(25,26)27)19(11-17(16)10-14)15-6-8-23(13-24)9-7-15/h2-5,10,13H,6-9,11-12H2,1H3,(H,25,26,27). The van der Waals surface area contributed by atoms with Crippen LogP contribution in [0.5, 0.6) is 5.88 Å². The van der Waals surface area contributed by atoms with E-state index in [0.717, 1.165) is 36.8 Å². The van der Waals surface area contributed by atoms with E-state index in [4.69, 9.17) is 4.55 Å². The molecule has 29 heavy (non-hydrogen) atoms. The minimum Gasteiger partial charge on any atom is -0.345 e. The van der Waals surface area contributed by atoms with Crippen LogP contribution < -0.4 is 4.18 Å². The zero-order valence-electron chi connectivity index (χ0n) is 16.1. The zero-order chi connectivity index (χ0) is 20.6. The summed E-state index contributed by atoms with van der Waals surface area (Å²) < 4.78 is 35.8. The van der Waals surface area contributed by atoms with E-state index in [0.29, 0.717) is 25.2 Å². The molecular formula is C21H22N2O5S. The Morgan fingerprint density at radius 1 is 1.10 bits per heavy atom. The molecule has 0 unspecified atom stereocenters. The van der Waals surface area contributed by atoms with Crippen molar-refractivity contribution in [1.29, 1.82) is 0 Å². The normalized spacial score (nSPS) is 16.7. The molecule has 0 saturated carbocycles. The number of benzene rings is 1. The van der Waals surface area contributed by atoms with Gasteiger partial charge in [-0.25, -0.2) is 4.98 Å². The number of fused-ring (bicyclic) bond motifs is 2. The van der Waals surface area contributed by atoms with Gasteiger partial charge in [0.15, 0.2) is 0 Å². The molecule has 0 spiro atoms. The molecule has 1 aromatic carbocycles. The number of carbonyl (C=O) groups is 1. The molecule has 7 nitrogen and oxygen atoms in total. The van der Waals surface area contributed by atoms with Crippen LogP contribution >= 0.6 is 0 Å². The highest BCUT2D eigenvalue weighted by Crippen LogP contribution is 2.36. The third kappa shape index (κ3) is 4.33. The Hall–Kier alpha value is -2.71. The van der Waals surface area contributed by atoms with Crippen molar-refractivity contribution in [2.75, 3.05) is 13.1 Å². The summed E-state index contributed by atoms with van der Waals surface area (Å²) in [6.45, 7) is 3.44. The number of hydrogen-bond acceptors (Lipinski definition) is 5. The van der Waals surface area contributed by atoms with E-state index in [9.17, 15) is 13.2 Å². The highest BCUT2D eigenvalue weighted by molar-refractivity contribution is 7.81. The molecule has 1 N–H and O–H groups in total. The SMILES string of the molecule is Cc1ccc2c(c1)CC(=C1CCN(C=O)CC1)c1ccc(OS(=O)(=O)O)nc1C2. The molecule has 1 aromatic heterocycles. The van der Waals surface area contributed by atoms with Crippen molar-refractivity contribution in [3.05, 3.63) is 63.9 Å². The van der Waals surface area contributed by atoms with Gasteiger partial charge in [0.2, 0.25) is 12.3 Å². The highest BCUT2D eigenvalue weighted by atomic mass is 32.3. The summed E-state index contributed by atoms with van der Waals surface area (Å²) in [6.07, 6.45) is 3.81. The van der Waals surface area contributed by atoms with Gasteiger partial charge < -0.3 is 9.08 Å². The molecule has 0 radical (unpaired) electrons. The van der Waals surface area contributed by atoms with Gasteiger partial charge in [0.25, 0.3) is 0 Å². The molecule has 2 aromatic rings. The second-order valence-electron chi connectivity index (χ2n) is 7.50. The van der Waals surface area contributed by atoms with Crippen LogP contribution in [-0.2, 0) is 28.0 Å².